The SMILES string of the molecule is CCC[n+]1cccc(-c2ccc([N+](=O)[O-])c(C)c2)c1.[I-]. The fourth-order valence-electron chi connectivity index (χ4n) is 2.13. The van der Waals surface area contributed by atoms with E-state index >= 15 is 0 Å². The molecule has 106 valence electrons. The molecule has 0 amide bonds. The van der Waals surface area contributed by atoms with Gasteiger partial charge in [0.2, 0.25) is 0 Å². The quantitative estimate of drug-likeness (QED) is 0.329. The van der Waals surface area contributed by atoms with Gasteiger partial charge in [0.1, 0.15) is 6.54 Å². The molecule has 1 aromatic heterocycles. The second-order valence-corrected chi connectivity index (χ2v) is 4.59. The van der Waals surface area contributed by atoms with E-state index in [1.807, 2.05) is 24.4 Å². The summed E-state index contributed by atoms with van der Waals surface area (Å²) in [5.74, 6) is 0. The van der Waals surface area contributed by atoms with Crippen molar-refractivity contribution in [3.8, 4) is 11.1 Å². The molecule has 1 aromatic carbocycles. The number of nitrogens with zero attached hydrogens (tertiary/aromatic N) is 2. The van der Waals surface area contributed by atoms with Crippen molar-refractivity contribution in [1.29, 1.82) is 0 Å². The zero-order valence-electron chi connectivity index (χ0n) is 11.5. The van der Waals surface area contributed by atoms with Crippen molar-refractivity contribution < 1.29 is 33.5 Å². The van der Waals surface area contributed by atoms with Crippen LogP contribution in [0.3, 0.4) is 0 Å². The third-order valence-corrected chi connectivity index (χ3v) is 3.07. The van der Waals surface area contributed by atoms with Crippen molar-refractivity contribution in [2.24, 2.45) is 0 Å². The van der Waals surface area contributed by atoms with Crippen LogP contribution in [-0.2, 0) is 6.54 Å². The molecule has 2 rings (SSSR count). The minimum absolute atomic E-state index is 0. The van der Waals surface area contributed by atoms with Crippen LogP contribution in [0.5, 0.6) is 0 Å². The summed E-state index contributed by atoms with van der Waals surface area (Å²) in [4.78, 5) is 10.5. The van der Waals surface area contributed by atoms with Gasteiger partial charge in [-0.05, 0) is 30.7 Å². The van der Waals surface area contributed by atoms with Gasteiger partial charge in [0, 0.05) is 29.7 Å². The van der Waals surface area contributed by atoms with Crippen LogP contribution in [0.4, 0.5) is 5.69 Å². The Morgan fingerprint density at radius 2 is 2.00 bits per heavy atom. The molecular weight excluding hydrogens is 367 g/mol. The van der Waals surface area contributed by atoms with Gasteiger partial charge in [-0.15, -0.1) is 0 Å². The van der Waals surface area contributed by atoms with E-state index in [1.165, 1.54) is 0 Å². The molecule has 0 aliphatic heterocycles. The number of aromatic nitrogens is 1. The van der Waals surface area contributed by atoms with Gasteiger partial charge in [0.15, 0.2) is 12.4 Å². The molecule has 0 atom stereocenters. The van der Waals surface area contributed by atoms with Crippen molar-refractivity contribution in [1.82, 2.24) is 0 Å². The lowest BCUT2D eigenvalue weighted by atomic mass is 10.0. The molecule has 0 fully saturated rings. The summed E-state index contributed by atoms with van der Waals surface area (Å²) in [6.45, 7) is 4.88. The lowest BCUT2D eigenvalue weighted by Crippen LogP contribution is -3.00. The highest BCUT2D eigenvalue weighted by molar-refractivity contribution is 5.65. The third kappa shape index (κ3) is 3.75. The van der Waals surface area contributed by atoms with Crippen molar-refractivity contribution in [2.75, 3.05) is 0 Å². The number of halogens is 1. The fraction of sp³-hybridized carbons (Fsp3) is 0.267. The predicted octanol–water partition coefficient (Wildman–Crippen LogP) is 0.272. The van der Waals surface area contributed by atoms with Crippen LogP contribution in [0.1, 0.15) is 18.9 Å². The van der Waals surface area contributed by atoms with Crippen LogP contribution in [0, 0.1) is 17.0 Å². The topological polar surface area (TPSA) is 47.0 Å². The lowest BCUT2D eigenvalue weighted by Gasteiger charge is -2.03. The first-order valence-corrected chi connectivity index (χ1v) is 6.36. The standard InChI is InChI=1S/C15H17N2O2.HI/c1-3-8-16-9-4-5-14(11-16)13-6-7-15(17(18)19)12(2)10-13;/h4-7,9-11H,3,8H2,1-2H3;1H/q+1;/p-1. The Kier molecular flexibility index (Phi) is 6.06. The first-order valence-electron chi connectivity index (χ1n) is 6.36. The summed E-state index contributed by atoms with van der Waals surface area (Å²) in [6, 6.07) is 9.26. The lowest BCUT2D eigenvalue weighted by molar-refractivity contribution is -0.696. The van der Waals surface area contributed by atoms with Gasteiger partial charge in [-0.25, -0.2) is 4.57 Å². The van der Waals surface area contributed by atoms with Gasteiger partial charge in [-0.2, -0.15) is 0 Å². The van der Waals surface area contributed by atoms with Crippen molar-refractivity contribution in [2.45, 2.75) is 26.8 Å². The molecule has 0 saturated carbocycles. The smallest absolute Gasteiger partial charge is 0.272 e. The Bertz CT molecular complexity index is 615. The minimum atomic E-state index is -0.346. The normalized spacial score (nSPS) is 9.90. The number of nitro groups is 1. The average Bonchev–Trinajstić information content (AvgIpc) is 2.39. The number of hydrogen-bond donors (Lipinski definition) is 0. The summed E-state index contributed by atoms with van der Waals surface area (Å²) in [6.07, 6.45) is 5.18. The van der Waals surface area contributed by atoms with Crippen LogP contribution >= 0.6 is 0 Å². The molecule has 0 bridgehead atoms. The largest absolute Gasteiger partial charge is 1.00 e. The van der Waals surface area contributed by atoms with Gasteiger partial charge in [0.05, 0.1) is 4.92 Å². The highest BCUT2D eigenvalue weighted by Gasteiger charge is 2.12. The summed E-state index contributed by atoms with van der Waals surface area (Å²) in [5.41, 5.74) is 2.94. The Morgan fingerprint density at radius 1 is 1.25 bits per heavy atom. The van der Waals surface area contributed by atoms with Crippen LogP contribution in [0.25, 0.3) is 11.1 Å². The molecule has 20 heavy (non-hydrogen) atoms. The maximum absolute atomic E-state index is 10.8. The molecule has 5 heteroatoms. The van der Waals surface area contributed by atoms with Gasteiger partial charge >= 0.3 is 0 Å². The molecule has 4 nitrogen and oxygen atoms in total. The van der Waals surface area contributed by atoms with Crippen molar-refractivity contribution in [3.05, 3.63) is 58.4 Å². The highest BCUT2D eigenvalue weighted by atomic mass is 127. The zero-order chi connectivity index (χ0) is 13.8. The number of benzene rings is 1. The maximum Gasteiger partial charge on any atom is 0.272 e. The fourth-order valence-corrected chi connectivity index (χ4v) is 2.13. The van der Waals surface area contributed by atoms with Crippen LogP contribution in [-0.4, -0.2) is 4.92 Å². The van der Waals surface area contributed by atoms with Crippen LogP contribution < -0.4 is 28.5 Å². The summed E-state index contributed by atoms with van der Waals surface area (Å²) >= 11 is 0. The Morgan fingerprint density at radius 3 is 2.60 bits per heavy atom. The molecule has 0 aliphatic rings. The molecule has 1 heterocycles. The summed E-state index contributed by atoms with van der Waals surface area (Å²) in [5, 5.41) is 10.8. The van der Waals surface area contributed by atoms with Crippen molar-refractivity contribution >= 4 is 5.69 Å². The number of rotatable bonds is 4. The Hall–Kier alpha value is -1.50. The molecule has 0 unspecified atom stereocenters. The second-order valence-electron chi connectivity index (χ2n) is 4.59. The first-order chi connectivity index (χ1) is 9.11. The molecule has 0 radical (unpaired) electrons. The molecule has 0 saturated heterocycles. The van der Waals surface area contributed by atoms with E-state index in [1.54, 1.807) is 19.1 Å². The number of nitro benzene ring substituents is 1. The van der Waals surface area contributed by atoms with Gasteiger partial charge < -0.3 is 24.0 Å². The monoisotopic (exact) mass is 384 g/mol. The predicted molar refractivity (Wildman–Crippen MR) is 73.8 cm³/mol. The van der Waals surface area contributed by atoms with E-state index in [0.29, 0.717) is 5.56 Å². The highest BCUT2D eigenvalue weighted by Crippen LogP contribution is 2.25. The van der Waals surface area contributed by atoms with Crippen molar-refractivity contribution in [3.63, 3.8) is 0 Å². The Balaban J connectivity index is 0.00000200. The van der Waals surface area contributed by atoms with Gasteiger partial charge in [-0.3, -0.25) is 10.1 Å². The number of aryl methyl sites for hydroxylation is 2. The second kappa shape index (κ2) is 7.33. The minimum Gasteiger partial charge on any atom is -1.00 e. The van der Waals surface area contributed by atoms with E-state index in [9.17, 15) is 10.1 Å². The van der Waals surface area contributed by atoms with Crippen LogP contribution in [0.2, 0.25) is 0 Å². The van der Waals surface area contributed by atoms with Crippen LogP contribution in [0.15, 0.2) is 42.7 Å². The van der Waals surface area contributed by atoms with E-state index < -0.39 is 0 Å². The third-order valence-electron chi connectivity index (χ3n) is 3.07. The van der Waals surface area contributed by atoms with Gasteiger partial charge in [0.25, 0.3) is 5.69 Å². The average molecular weight is 384 g/mol. The van der Waals surface area contributed by atoms with E-state index in [0.717, 1.165) is 24.1 Å². The number of pyridine rings is 1. The van der Waals surface area contributed by atoms with E-state index in [4.69, 9.17) is 0 Å². The molecule has 2 aromatic rings. The molecule has 0 spiro atoms. The van der Waals surface area contributed by atoms with E-state index in [-0.39, 0.29) is 34.6 Å². The number of hydrogen-bond acceptors (Lipinski definition) is 2. The first kappa shape index (κ1) is 16.6. The molecule has 0 aliphatic carbocycles. The summed E-state index contributed by atoms with van der Waals surface area (Å²) < 4.78 is 2.13. The molecular formula is C15H17IN2O2. The molecule has 0 N–H and O–H groups in total. The maximum atomic E-state index is 10.8. The zero-order valence-corrected chi connectivity index (χ0v) is 13.7. The Labute approximate surface area is 135 Å². The van der Waals surface area contributed by atoms with E-state index in [2.05, 4.69) is 17.7 Å². The summed E-state index contributed by atoms with van der Waals surface area (Å²) in [7, 11) is 0. The van der Waals surface area contributed by atoms with Gasteiger partial charge in [-0.1, -0.05) is 6.92 Å².